The molecule has 1 aliphatic rings. The first-order chi connectivity index (χ1) is 8.72. The molecule has 1 nitrogen and oxygen atoms in total. The molecule has 18 heavy (non-hydrogen) atoms. The van der Waals surface area contributed by atoms with Gasteiger partial charge < -0.3 is 5.73 Å². The first-order valence-corrected chi connectivity index (χ1v) is 8.04. The number of aryl methyl sites for hydroxylation is 1. The Hall–Kier alpha value is -0.470. The van der Waals surface area contributed by atoms with Crippen LogP contribution in [-0.4, -0.2) is 11.8 Å². The highest BCUT2D eigenvalue weighted by molar-refractivity contribution is 8.00. The fourth-order valence-electron chi connectivity index (χ4n) is 2.85. The molecule has 3 unspecified atom stereocenters. The van der Waals surface area contributed by atoms with E-state index >= 15 is 0 Å². The van der Waals surface area contributed by atoms with Crippen molar-refractivity contribution in [2.75, 3.05) is 6.54 Å². The average Bonchev–Trinajstić information content (AvgIpc) is 2.41. The van der Waals surface area contributed by atoms with E-state index in [0.29, 0.717) is 5.92 Å². The number of rotatable bonds is 4. The molecule has 0 amide bonds. The number of thioether (sulfide) groups is 1. The maximum Gasteiger partial charge on any atom is 0.0137 e. The second kappa shape index (κ2) is 6.63. The van der Waals surface area contributed by atoms with Crippen molar-refractivity contribution >= 4 is 11.8 Å². The summed E-state index contributed by atoms with van der Waals surface area (Å²) >= 11 is 2.05. The third kappa shape index (κ3) is 3.52. The Balaban J connectivity index is 2.02. The van der Waals surface area contributed by atoms with Crippen molar-refractivity contribution in [3.8, 4) is 0 Å². The lowest BCUT2D eigenvalue weighted by Crippen LogP contribution is -2.32. The molecule has 2 heteroatoms. The van der Waals surface area contributed by atoms with Crippen LogP contribution in [0.1, 0.15) is 38.2 Å². The number of hydrogen-bond acceptors (Lipinski definition) is 2. The Morgan fingerprint density at radius 2 is 1.94 bits per heavy atom. The van der Waals surface area contributed by atoms with Gasteiger partial charge in [0.1, 0.15) is 0 Å². The highest BCUT2D eigenvalue weighted by Gasteiger charge is 2.29. The van der Waals surface area contributed by atoms with Crippen LogP contribution in [-0.2, 0) is 0 Å². The van der Waals surface area contributed by atoms with Crippen molar-refractivity contribution in [1.29, 1.82) is 0 Å². The van der Waals surface area contributed by atoms with Gasteiger partial charge in [-0.05, 0) is 50.3 Å². The molecule has 0 spiro atoms. The summed E-state index contributed by atoms with van der Waals surface area (Å²) < 4.78 is 0. The summed E-state index contributed by atoms with van der Waals surface area (Å²) in [6.45, 7) is 5.31. The maximum atomic E-state index is 5.94. The Morgan fingerprint density at radius 3 is 2.56 bits per heavy atom. The number of nitrogens with two attached hydrogens (primary N) is 1. The van der Waals surface area contributed by atoms with Crippen LogP contribution in [0.3, 0.4) is 0 Å². The summed E-state index contributed by atoms with van der Waals surface area (Å²) in [6.07, 6.45) is 5.36. The topological polar surface area (TPSA) is 26.0 Å². The van der Waals surface area contributed by atoms with Gasteiger partial charge >= 0.3 is 0 Å². The zero-order valence-corrected chi connectivity index (χ0v) is 12.4. The maximum absolute atomic E-state index is 5.94. The van der Waals surface area contributed by atoms with Gasteiger partial charge in [-0.25, -0.2) is 0 Å². The van der Waals surface area contributed by atoms with Gasteiger partial charge in [-0.2, -0.15) is 0 Å². The smallest absolute Gasteiger partial charge is 0.0137 e. The molecular formula is C16H25NS. The molecular weight excluding hydrogens is 238 g/mol. The summed E-state index contributed by atoms with van der Waals surface area (Å²) in [4.78, 5) is 1.40. The summed E-state index contributed by atoms with van der Waals surface area (Å²) in [5.41, 5.74) is 7.28. The summed E-state index contributed by atoms with van der Waals surface area (Å²) in [5.74, 6) is 1.62. The van der Waals surface area contributed by atoms with Gasteiger partial charge in [0.05, 0.1) is 0 Å². The standard InChI is InChI=1S/C16H25NS/c1-3-13-6-7-14(11-17)16(10-13)18-15-8-4-12(2)5-9-15/h4-5,8-9,13-14,16H,3,6-7,10-11,17H2,1-2H3. The minimum absolute atomic E-state index is 0.708. The van der Waals surface area contributed by atoms with E-state index in [1.165, 1.54) is 36.1 Å². The molecule has 0 bridgehead atoms. The summed E-state index contributed by atoms with van der Waals surface area (Å²) in [5, 5.41) is 0.719. The van der Waals surface area contributed by atoms with Crippen molar-refractivity contribution in [3.63, 3.8) is 0 Å². The molecule has 1 saturated carbocycles. The molecule has 0 aliphatic heterocycles. The van der Waals surface area contributed by atoms with E-state index < -0.39 is 0 Å². The second-order valence-electron chi connectivity index (χ2n) is 5.55. The van der Waals surface area contributed by atoms with Crippen LogP contribution in [0.2, 0.25) is 0 Å². The van der Waals surface area contributed by atoms with Crippen LogP contribution in [0.15, 0.2) is 29.2 Å². The molecule has 1 aromatic rings. The molecule has 0 saturated heterocycles. The SMILES string of the molecule is CCC1CCC(CN)C(Sc2ccc(C)cc2)C1. The predicted octanol–water partition coefficient (Wildman–Crippen LogP) is 4.24. The Labute approximate surface area is 116 Å². The quantitative estimate of drug-likeness (QED) is 0.879. The third-order valence-electron chi connectivity index (χ3n) is 4.23. The molecule has 1 aliphatic carbocycles. The zero-order chi connectivity index (χ0) is 13.0. The van der Waals surface area contributed by atoms with E-state index in [0.717, 1.165) is 17.7 Å². The van der Waals surface area contributed by atoms with Crippen molar-refractivity contribution < 1.29 is 0 Å². The van der Waals surface area contributed by atoms with Crippen LogP contribution in [0, 0.1) is 18.8 Å². The highest BCUT2D eigenvalue weighted by Crippen LogP contribution is 2.40. The monoisotopic (exact) mass is 263 g/mol. The largest absolute Gasteiger partial charge is 0.330 e. The van der Waals surface area contributed by atoms with Crippen molar-refractivity contribution in [2.45, 2.75) is 49.7 Å². The van der Waals surface area contributed by atoms with Gasteiger partial charge in [-0.15, -0.1) is 11.8 Å². The normalized spacial score (nSPS) is 28.3. The highest BCUT2D eigenvalue weighted by atomic mass is 32.2. The molecule has 1 fully saturated rings. The Bertz CT molecular complexity index is 360. The predicted molar refractivity (Wildman–Crippen MR) is 81.0 cm³/mol. The first-order valence-electron chi connectivity index (χ1n) is 7.16. The molecule has 1 aromatic carbocycles. The average molecular weight is 263 g/mol. The van der Waals surface area contributed by atoms with E-state index in [1.54, 1.807) is 0 Å². The van der Waals surface area contributed by atoms with E-state index in [1.807, 2.05) is 11.8 Å². The van der Waals surface area contributed by atoms with Crippen LogP contribution in [0.5, 0.6) is 0 Å². The Morgan fingerprint density at radius 1 is 1.22 bits per heavy atom. The molecule has 0 radical (unpaired) electrons. The summed E-state index contributed by atoms with van der Waals surface area (Å²) in [6, 6.07) is 8.92. The molecule has 2 rings (SSSR count). The van der Waals surface area contributed by atoms with Gasteiger partial charge in [0.15, 0.2) is 0 Å². The molecule has 0 aromatic heterocycles. The minimum atomic E-state index is 0.708. The first kappa shape index (κ1) is 14.0. The molecule has 3 atom stereocenters. The second-order valence-corrected chi connectivity index (χ2v) is 6.87. The van der Waals surface area contributed by atoms with Crippen LogP contribution in [0.25, 0.3) is 0 Å². The van der Waals surface area contributed by atoms with Gasteiger partial charge in [0, 0.05) is 10.1 Å². The molecule has 100 valence electrons. The fraction of sp³-hybridized carbons (Fsp3) is 0.625. The van der Waals surface area contributed by atoms with Gasteiger partial charge in [-0.3, -0.25) is 0 Å². The van der Waals surface area contributed by atoms with Crippen LogP contribution >= 0.6 is 11.8 Å². The fourth-order valence-corrected chi connectivity index (χ4v) is 4.30. The van der Waals surface area contributed by atoms with Crippen LogP contribution in [0.4, 0.5) is 0 Å². The zero-order valence-electron chi connectivity index (χ0n) is 11.6. The summed E-state index contributed by atoms with van der Waals surface area (Å²) in [7, 11) is 0. The molecule has 0 heterocycles. The van der Waals surface area contributed by atoms with Gasteiger partial charge in [-0.1, -0.05) is 37.5 Å². The minimum Gasteiger partial charge on any atom is -0.330 e. The van der Waals surface area contributed by atoms with Crippen molar-refractivity contribution in [1.82, 2.24) is 0 Å². The van der Waals surface area contributed by atoms with E-state index in [9.17, 15) is 0 Å². The van der Waals surface area contributed by atoms with Crippen molar-refractivity contribution in [2.24, 2.45) is 17.6 Å². The van der Waals surface area contributed by atoms with E-state index in [-0.39, 0.29) is 0 Å². The van der Waals surface area contributed by atoms with Crippen molar-refractivity contribution in [3.05, 3.63) is 29.8 Å². The number of benzene rings is 1. The Kier molecular flexibility index (Phi) is 5.13. The lowest BCUT2D eigenvalue weighted by Gasteiger charge is -2.35. The lowest BCUT2D eigenvalue weighted by atomic mass is 9.80. The van der Waals surface area contributed by atoms with E-state index in [4.69, 9.17) is 5.73 Å². The molecule has 2 N–H and O–H groups in total. The number of hydrogen-bond donors (Lipinski definition) is 1. The van der Waals surface area contributed by atoms with Gasteiger partial charge in [0.25, 0.3) is 0 Å². The third-order valence-corrected chi connectivity index (χ3v) is 5.65. The van der Waals surface area contributed by atoms with Gasteiger partial charge in [0.2, 0.25) is 0 Å². The van der Waals surface area contributed by atoms with E-state index in [2.05, 4.69) is 38.1 Å². The van der Waals surface area contributed by atoms with Crippen LogP contribution < -0.4 is 5.73 Å². The lowest BCUT2D eigenvalue weighted by molar-refractivity contribution is 0.284.